The Hall–Kier alpha value is -2.82. The summed E-state index contributed by atoms with van der Waals surface area (Å²) in [5.41, 5.74) is 1.47. The van der Waals surface area contributed by atoms with Gasteiger partial charge in [-0.15, -0.1) is 0 Å². The van der Waals surface area contributed by atoms with Crippen LogP contribution in [0.25, 0.3) is 0 Å². The second-order valence-electron chi connectivity index (χ2n) is 8.42. The molecule has 2 aromatic carbocycles. The number of amides is 1. The third-order valence-electron chi connectivity index (χ3n) is 4.86. The number of esters is 1. The number of carbonyl (C=O) groups is 2. The molecule has 0 bridgehead atoms. The zero-order valence-corrected chi connectivity index (χ0v) is 17.3. The molecule has 0 radical (unpaired) electrons. The first-order valence-corrected chi connectivity index (χ1v) is 10.1. The maximum Gasteiger partial charge on any atom is 0.410 e. The van der Waals surface area contributed by atoms with Crippen LogP contribution in [-0.4, -0.2) is 34.7 Å². The fourth-order valence-corrected chi connectivity index (χ4v) is 3.53. The van der Waals surface area contributed by atoms with Crippen LogP contribution < -0.4 is 0 Å². The molecular weight excluding hydrogens is 366 g/mol. The lowest BCUT2D eigenvalue weighted by Gasteiger charge is -2.36. The van der Waals surface area contributed by atoms with Gasteiger partial charge in [-0.25, -0.2) is 4.79 Å². The van der Waals surface area contributed by atoms with Crippen LogP contribution in [0.4, 0.5) is 4.79 Å². The summed E-state index contributed by atoms with van der Waals surface area (Å²) < 4.78 is 11.3. The molecule has 0 saturated carbocycles. The maximum atomic E-state index is 13.2. The monoisotopic (exact) mass is 395 g/mol. The van der Waals surface area contributed by atoms with E-state index in [1.165, 1.54) is 0 Å². The maximum absolute atomic E-state index is 13.2. The van der Waals surface area contributed by atoms with Crippen LogP contribution in [0.15, 0.2) is 60.7 Å². The number of hydrogen-bond acceptors (Lipinski definition) is 4. The van der Waals surface area contributed by atoms with Gasteiger partial charge >= 0.3 is 12.1 Å². The second kappa shape index (κ2) is 9.12. The van der Waals surface area contributed by atoms with Crippen molar-refractivity contribution in [1.29, 1.82) is 0 Å². The number of rotatable bonds is 6. The van der Waals surface area contributed by atoms with Crippen molar-refractivity contribution in [3.05, 3.63) is 71.8 Å². The number of hydrogen-bond donors (Lipinski definition) is 0. The minimum atomic E-state index is -0.615. The van der Waals surface area contributed by atoms with Gasteiger partial charge in [0.1, 0.15) is 11.7 Å². The summed E-state index contributed by atoms with van der Waals surface area (Å²) in [5.74, 6) is -0.211. The molecule has 2 atom stereocenters. The van der Waals surface area contributed by atoms with Gasteiger partial charge in [-0.3, -0.25) is 9.69 Å². The van der Waals surface area contributed by atoms with Gasteiger partial charge in [0.25, 0.3) is 0 Å². The molecule has 29 heavy (non-hydrogen) atoms. The second-order valence-corrected chi connectivity index (χ2v) is 8.42. The van der Waals surface area contributed by atoms with Crippen molar-refractivity contribution in [2.75, 3.05) is 0 Å². The predicted octanol–water partition coefficient (Wildman–Crippen LogP) is 4.74. The van der Waals surface area contributed by atoms with Crippen LogP contribution in [0.1, 0.15) is 44.7 Å². The molecule has 1 heterocycles. The van der Waals surface area contributed by atoms with Crippen LogP contribution in [0.5, 0.6) is 0 Å². The standard InChI is InChI=1S/C24H29NO4/c1-24(2,3)29-23(27)25(17-19-12-8-5-9-13-19)20(21-14-15-22(26)28-21)16-18-10-6-4-7-11-18/h4-13,20-21H,14-17H2,1-3H3/t20-,21-/m0/s1. The molecule has 5 heteroatoms. The molecule has 5 nitrogen and oxygen atoms in total. The largest absolute Gasteiger partial charge is 0.460 e. The van der Waals surface area contributed by atoms with Crippen molar-refractivity contribution in [1.82, 2.24) is 4.90 Å². The van der Waals surface area contributed by atoms with Crippen molar-refractivity contribution in [3.63, 3.8) is 0 Å². The minimum absolute atomic E-state index is 0.211. The number of nitrogens with zero attached hydrogens (tertiary/aromatic N) is 1. The topological polar surface area (TPSA) is 55.8 Å². The fourth-order valence-electron chi connectivity index (χ4n) is 3.53. The summed E-state index contributed by atoms with van der Waals surface area (Å²) in [6.07, 6.45) is 0.822. The van der Waals surface area contributed by atoms with Crippen molar-refractivity contribution in [2.24, 2.45) is 0 Å². The van der Waals surface area contributed by atoms with E-state index >= 15 is 0 Å². The van der Waals surface area contributed by atoms with Gasteiger partial charge in [0, 0.05) is 13.0 Å². The Morgan fingerprint density at radius 3 is 2.17 bits per heavy atom. The van der Waals surface area contributed by atoms with Crippen molar-refractivity contribution >= 4 is 12.1 Å². The highest BCUT2D eigenvalue weighted by atomic mass is 16.6. The zero-order valence-electron chi connectivity index (χ0n) is 17.3. The lowest BCUT2D eigenvalue weighted by Crippen LogP contribution is -2.49. The van der Waals surface area contributed by atoms with Crippen LogP contribution in [-0.2, 0) is 27.2 Å². The molecule has 1 saturated heterocycles. The number of carbonyl (C=O) groups excluding carboxylic acids is 2. The van der Waals surface area contributed by atoms with E-state index in [1.54, 1.807) is 4.90 Å². The molecule has 1 fully saturated rings. The Balaban J connectivity index is 1.93. The van der Waals surface area contributed by atoms with Crippen molar-refractivity contribution in [2.45, 2.75) is 64.3 Å². The Morgan fingerprint density at radius 1 is 1.07 bits per heavy atom. The average molecular weight is 395 g/mol. The van der Waals surface area contributed by atoms with E-state index in [4.69, 9.17) is 9.47 Å². The lowest BCUT2D eigenvalue weighted by atomic mass is 9.97. The molecule has 3 rings (SSSR count). The van der Waals surface area contributed by atoms with Gasteiger partial charge in [0.2, 0.25) is 0 Å². The van der Waals surface area contributed by atoms with E-state index in [1.807, 2.05) is 81.4 Å². The Kier molecular flexibility index (Phi) is 6.57. The highest BCUT2D eigenvalue weighted by molar-refractivity contribution is 5.72. The van der Waals surface area contributed by atoms with Gasteiger partial charge < -0.3 is 9.47 Å². The van der Waals surface area contributed by atoms with E-state index in [0.29, 0.717) is 25.8 Å². The molecule has 2 aromatic rings. The molecule has 154 valence electrons. The van der Waals surface area contributed by atoms with E-state index in [-0.39, 0.29) is 18.1 Å². The number of ether oxygens (including phenoxy) is 2. The van der Waals surface area contributed by atoms with Gasteiger partial charge in [0.05, 0.1) is 6.04 Å². The van der Waals surface area contributed by atoms with Crippen molar-refractivity contribution < 1.29 is 19.1 Å². The molecule has 1 aliphatic heterocycles. The fraction of sp³-hybridized carbons (Fsp3) is 0.417. The van der Waals surface area contributed by atoms with Crippen molar-refractivity contribution in [3.8, 4) is 0 Å². The lowest BCUT2D eigenvalue weighted by molar-refractivity contribution is -0.143. The van der Waals surface area contributed by atoms with Crippen LogP contribution in [0, 0.1) is 0 Å². The van der Waals surface area contributed by atoms with Gasteiger partial charge in [-0.05, 0) is 44.7 Å². The summed E-state index contributed by atoms with van der Waals surface area (Å²) in [5, 5.41) is 0. The average Bonchev–Trinajstić information content (AvgIpc) is 3.11. The molecule has 1 aliphatic rings. The SMILES string of the molecule is CC(C)(C)OC(=O)N(Cc1ccccc1)[C@@H](Cc1ccccc1)[C@@H]1CCC(=O)O1. The van der Waals surface area contributed by atoms with Crippen LogP contribution >= 0.6 is 0 Å². The summed E-state index contributed by atoms with van der Waals surface area (Å²) in [4.78, 5) is 26.7. The highest BCUT2D eigenvalue weighted by Crippen LogP contribution is 2.27. The smallest absolute Gasteiger partial charge is 0.410 e. The Morgan fingerprint density at radius 2 is 1.66 bits per heavy atom. The zero-order chi connectivity index (χ0) is 20.9. The number of cyclic esters (lactones) is 1. The Bertz CT molecular complexity index is 814. The summed E-state index contributed by atoms with van der Waals surface area (Å²) in [7, 11) is 0. The first-order valence-electron chi connectivity index (χ1n) is 10.1. The quantitative estimate of drug-likeness (QED) is 0.663. The molecule has 1 amide bonds. The van der Waals surface area contributed by atoms with E-state index in [9.17, 15) is 9.59 Å². The third kappa shape index (κ3) is 6.08. The Labute approximate surface area is 172 Å². The first kappa shape index (κ1) is 20.9. The van der Waals surface area contributed by atoms with E-state index < -0.39 is 11.7 Å². The van der Waals surface area contributed by atoms with Gasteiger partial charge in [-0.2, -0.15) is 0 Å². The normalized spacial score (nSPS) is 17.5. The number of benzene rings is 2. The summed E-state index contributed by atoms with van der Waals surface area (Å²) in [6, 6.07) is 19.5. The molecular formula is C24H29NO4. The first-order chi connectivity index (χ1) is 13.8. The van der Waals surface area contributed by atoms with E-state index in [0.717, 1.165) is 11.1 Å². The third-order valence-corrected chi connectivity index (χ3v) is 4.86. The summed E-state index contributed by atoms with van der Waals surface area (Å²) >= 11 is 0. The molecule has 0 aromatic heterocycles. The minimum Gasteiger partial charge on any atom is -0.460 e. The predicted molar refractivity (Wildman–Crippen MR) is 111 cm³/mol. The molecule has 0 spiro atoms. The van der Waals surface area contributed by atoms with Crippen LogP contribution in [0.3, 0.4) is 0 Å². The van der Waals surface area contributed by atoms with Gasteiger partial charge in [-0.1, -0.05) is 60.7 Å². The van der Waals surface area contributed by atoms with E-state index in [2.05, 4.69) is 0 Å². The molecule has 0 N–H and O–H groups in total. The van der Waals surface area contributed by atoms with Crippen LogP contribution in [0.2, 0.25) is 0 Å². The van der Waals surface area contributed by atoms with Gasteiger partial charge in [0.15, 0.2) is 0 Å². The highest BCUT2D eigenvalue weighted by Gasteiger charge is 2.38. The molecule has 0 aliphatic carbocycles. The molecule has 0 unspecified atom stereocenters. The summed E-state index contributed by atoms with van der Waals surface area (Å²) in [6.45, 7) is 5.95.